The standard InChI is InChI=1S/C16H21N3O/c1-13(18-10-16(11-20)6-7-16)14-2-4-15(5-3-14)19-9-8-17-12-19/h2-5,8-9,12-13,18,20H,6-7,10-11H2,1H3. The molecule has 1 atom stereocenters. The molecule has 0 bridgehead atoms. The second kappa shape index (κ2) is 5.38. The van der Waals surface area contributed by atoms with Crippen LogP contribution >= 0.6 is 0 Å². The fraction of sp³-hybridized carbons (Fsp3) is 0.438. The molecule has 0 spiro atoms. The first kappa shape index (κ1) is 13.3. The van der Waals surface area contributed by atoms with Crippen molar-refractivity contribution in [2.75, 3.05) is 13.2 Å². The molecule has 20 heavy (non-hydrogen) atoms. The molecule has 1 aromatic carbocycles. The molecular formula is C16H21N3O. The Morgan fingerprint density at radius 1 is 1.35 bits per heavy atom. The van der Waals surface area contributed by atoms with Crippen LogP contribution in [0.5, 0.6) is 0 Å². The molecule has 1 aliphatic rings. The van der Waals surface area contributed by atoms with Crippen molar-refractivity contribution in [1.82, 2.24) is 14.9 Å². The van der Waals surface area contributed by atoms with Gasteiger partial charge >= 0.3 is 0 Å². The van der Waals surface area contributed by atoms with E-state index in [4.69, 9.17) is 0 Å². The lowest BCUT2D eigenvalue weighted by molar-refractivity contribution is 0.204. The minimum absolute atomic E-state index is 0.158. The molecule has 3 rings (SSSR count). The minimum Gasteiger partial charge on any atom is -0.396 e. The summed E-state index contributed by atoms with van der Waals surface area (Å²) >= 11 is 0. The molecule has 1 unspecified atom stereocenters. The second-order valence-corrected chi connectivity index (χ2v) is 5.82. The van der Waals surface area contributed by atoms with E-state index in [-0.39, 0.29) is 5.41 Å². The summed E-state index contributed by atoms with van der Waals surface area (Å²) in [6, 6.07) is 8.80. The van der Waals surface area contributed by atoms with E-state index in [9.17, 15) is 5.11 Å². The maximum Gasteiger partial charge on any atom is 0.0991 e. The van der Waals surface area contributed by atoms with E-state index in [0.717, 1.165) is 25.1 Å². The Morgan fingerprint density at radius 3 is 2.65 bits per heavy atom. The molecule has 1 aliphatic carbocycles. The van der Waals surface area contributed by atoms with Crippen LogP contribution in [0.2, 0.25) is 0 Å². The van der Waals surface area contributed by atoms with Crippen molar-refractivity contribution >= 4 is 0 Å². The van der Waals surface area contributed by atoms with Crippen molar-refractivity contribution < 1.29 is 5.11 Å². The van der Waals surface area contributed by atoms with Gasteiger partial charge in [-0.25, -0.2) is 4.98 Å². The number of hydrogen-bond donors (Lipinski definition) is 2. The predicted octanol–water partition coefficient (Wildman–Crippen LogP) is 2.30. The first-order valence-corrected chi connectivity index (χ1v) is 7.15. The Kier molecular flexibility index (Phi) is 3.59. The molecule has 4 nitrogen and oxygen atoms in total. The largest absolute Gasteiger partial charge is 0.396 e. The number of aliphatic hydroxyl groups is 1. The number of rotatable bonds is 6. The molecule has 1 fully saturated rings. The van der Waals surface area contributed by atoms with Gasteiger partial charge in [-0.05, 0) is 37.5 Å². The predicted molar refractivity (Wildman–Crippen MR) is 78.7 cm³/mol. The summed E-state index contributed by atoms with van der Waals surface area (Å²) in [4.78, 5) is 4.06. The van der Waals surface area contributed by atoms with E-state index >= 15 is 0 Å². The third-order valence-corrected chi connectivity index (χ3v) is 4.27. The highest BCUT2D eigenvalue weighted by Crippen LogP contribution is 2.44. The van der Waals surface area contributed by atoms with Crippen LogP contribution in [0.3, 0.4) is 0 Å². The van der Waals surface area contributed by atoms with Gasteiger partial charge in [0, 0.05) is 42.7 Å². The lowest BCUT2D eigenvalue weighted by Crippen LogP contribution is -2.28. The number of nitrogens with zero attached hydrogens (tertiary/aromatic N) is 2. The van der Waals surface area contributed by atoms with E-state index in [1.807, 2.05) is 10.8 Å². The van der Waals surface area contributed by atoms with Crippen molar-refractivity contribution in [1.29, 1.82) is 0 Å². The Bertz CT molecular complexity index is 544. The van der Waals surface area contributed by atoms with Crippen LogP contribution in [0.4, 0.5) is 0 Å². The first-order valence-electron chi connectivity index (χ1n) is 7.15. The summed E-state index contributed by atoms with van der Waals surface area (Å²) in [6.45, 7) is 3.36. The normalized spacial score (nSPS) is 17.9. The minimum atomic E-state index is 0.158. The molecule has 1 saturated carbocycles. The highest BCUT2D eigenvalue weighted by molar-refractivity contribution is 5.35. The third kappa shape index (κ3) is 2.76. The van der Waals surface area contributed by atoms with Gasteiger partial charge in [-0.2, -0.15) is 0 Å². The van der Waals surface area contributed by atoms with Gasteiger partial charge in [-0.1, -0.05) is 12.1 Å². The van der Waals surface area contributed by atoms with Gasteiger partial charge in [-0.15, -0.1) is 0 Å². The van der Waals surface area contributed by atoms with Crippen molar-refractivity contribution in [2.45, 2.75) is 25.8 Å². The lowest BCUT2D eigenvalue weighted by atomic mass is 10.1. The topological polar surface area (TPSA) is 50.1 Å². The van der Waals surface area contributed by atoms with Crippen molar-refractivity contribution in [3.8, 4) is 5.69 Å². The van der Waals surface area contributed by atoms with Crippen LogP contribution in [0.1, 0.15) is 31.4 Å². The smallest absolute Gasteiger partial charge is 0.0991 e. The van der Waals surface area contributed by atoms with Gasteiger partial charge in [0.2, 0.25) is 0 Å². The van der Waals surface area contributed by atoms with E-state index in [1.165, 1.54) is 5.56 Å². The number of aliphatic hydroxyl groups excluding tert-OH is 1. The van der Waals surface area contributed by atoms with E-state index in [1.54, 1.807) is 12.5 Å². The highest BCUT2D eigenvalue weighted by Gasteiger charge is 2.41. The van der Waals surface area contributed by atoms with Gasteiger partial charge in [-0.3, -0.25) is 0 Å². The summed E-state index contributed by atoms with van der Waals surface area (Å²) in [6.07, 6.45) is 7.80. The zero-order valence-corrected chi connectivity index (χ0v) is 11.8. The SMILES string of the molecule is CC(NCC1(CO)CC1)c1ccc(-n2ccnc2)cc1. The van der Waals surface area contributed by atoms with Gasteiger partial charge in [0.1, 0.15) is 0 Å². The quantitative estimate of drug-likeness (QED) is 0.847. The average Bonchev–Trinajstić information content (AvgIpc) is 3.07. The Hall–Kier alpha value is -1.65. The fourth-order valence-electron chi connectivity index (χ4n) is 2.40. The van der Waals surface area contributed by atoms with Crippen molar-refractivity contribution in [3.05, 3.63) is 48.5 Å². The molecule has 0 aliphatic heterocycles. The maximum atomic E-state index is 9.33. The molecule has 0 saturated heterocycles. The van der Waals surface area contributed by atoms with Crippen molar-refractivity contribution in [2.24, 2.45) is 5.41 Å². The first-order chi connectivity index (χ1) is 9.72. The lowest BCUT2D eigenvalue weighted by Gasteiger charge is -2.19. The number of imidazole rings is 1. The summed E-state index contributed by atoms with van der Waals surface area (Å²) in [5.74, 6) is 0. The molecular weight excluding hydrogens is 250 g/mol. The zero-order chi connectivity index (χ0) is 14.0. The third-order valence-electron chi connectivity index (χ3n) is 4.27. The molecule has 0 radical (unpaired) electrons. The van der Waals surface area contributed by atoms with E-state index < -0.39 is 0 Å². The van der Waals surface area contributed by atoms with Gasteiger partial charge in [0.25, 0.3) is 0 Å². The Morgan fingerprint density at radius 2 is 2.10 bits per heavy atom. The maximum absolute atomic E-state index is 9.33. The van der Waals surface area contributed by atoms with E-state index in [0.29, 0.717) is 12.6 Å². The molecule has 2 N–H and O–H groups in total. The molecule has 1 aromatic heterocycles. The van der Waals surface area contributed by atoms with Crippen LogP contribution in [0, 0.1) is 5.41 Å². The molecule has 1 heterocycles. The number of aromatic nitrogens is 2. The van der Waals surface area contributed by atoms with Crippen LogP contribution in [-0.2, 0) is 0 Å². The van der Waals surface area contributed by atoms with Gasteiger partial charge < -0.3 is 15.0 Å². The van der Waals surface area contributed by atoms with Crippen LogP contribution in [0.25, 0.3) is 5.69 Å². The molecule has 2 aromatic rings. The van der Waals surface area contributed by atoms with Crippen LogP contribution in [-0.4, -0.2) is 27.8 Å². The zero-order valence-electron chi connectivity index (χ0n) is 11.8. The highest BCUT2D eigenvalue weighted by atomic mass is 16.3. The van der Waals surface area contributed by atoms with Gasteiger partial charge in [0.15, 0.2) is 0 Å². The van der Waals surface area contributed by atoms with Crippen LogP contribution < -0.4 is 5.32 Å². The molecule has 106 valence electrons. The van der Waals surface area contributed by atoms with E-state index in [2.05, 4.69) is 41.5 Å². The van der Waals surface area contributed by atoms with Gasteiger partial charge in [0.05, 0.1) is 6.33 Å². The summed E-state index contributed by atoms with van der Waals surface area (Å²) in [5, 5.41) is 12.9. The Labute approximate surface area is 119 Å². The fourth-order valence-corrected chi connectivity index (χ4v) is 2.40. The summed E-state index contributed by atoms with van der Waals surface area (Å²) < 4.78 is 1.99. The molecule has 4 heteroatoms. The summed E-state index contributed by atoms with van der Waals surface area (Å²) in [5.41, 5.74) is 2.54. The summed E-state index contributed by atoms with van der Waals surface area (Å²) in [7, 11) is 0. The second-order valence-electron chi connectivity index (χ2n) is 5.82. The van der Waals surface area contributed by atoms with Crippen molar-refractivity contribution in [3.63, 3.8) is 0 Å². The monoisotopic (exact) mass is 271 g/mol. The number of hydrogen-bond acceptors (Lipinski definition) is 3. The Balaban J connectivity index is 1.62. The number of benzene rings is 1. The van der Waals surface area contributed by atoms with Crippen LogP contribution in [0.15, 0.2) is 43.0 Å². The molecule has 0 amide bonds. The average molecular weight is 271 g/mol. The number of nitrogens with one attached hydrogen (secondary N) is 1.